The van der Waals surface area contributed by atoms with Gasteiger partial charge in [0.2, 0.25) is 0 Å². The lowest BCUT2D eigenvalue weighted by atomic mass is 9.75. The van der Waals surface area contributed by atoms with Crippen LogP contribution in [0.15, 0.2) is 48.6 Å². The Kier molecular flexibility index (Phi) is 4.10. The van der Waals surface area contributed by atoms with Crippen molar-refractivity contribution in [1.29, 1.82) is 0 Å². The fraction of sp³-hybridized carbons (Fsp3) is 0.391. The van der Waals surface area contributed by atoms with Crippen LogP contribution in [0.4, 0.5) is 11.4 Å². The van der Waals surface area contributed by atoms with Gasteiger partial charge in [-0.05, 0) is 46.9 Å². The molecule has 27 heavy (non-hydrogen) atoms. The van der Waals surface area contributed by atoms with Crippen molar-refractivity contribution in [3.63, 3.8) is 0 Å². The number of fused-ring (bicyclic) bond motifs is 3. The van der Waals surface area contributed by atoms with E-state index in [9.17, 15) is 10.1 Å². The Balaban J connectivity index is 1.75. The second-order valence-corrected chi connectivity index (χ2v) is 8.83. The number of hydrogen-bond acceptors (Lipinski definition) is 3. The average Bonchev–Trinajstić information content (AvgIpc) is 3.10. The Labute approximate surface area is 160 Å². The highest BCUT2D eigenvalue weighted by atomic mass is 16.6. The molecule has 4 heteroatoms. The van der Waals surface area contributed by atoms with Crippen molar-refractivity contribution in [2.45, 2.75) is 51.5 Å². The van der Waals surface area contributed by atoms with Gasteiger partial charge in [0.05, 0.1) is 11.0 Å². The fourth-order valence-corrected chi connectivity index (χ4v) is 4.49. The molecule has 1 heterocycles. The summed E-state index contributed by atoms with van der Waals surface area (Å²) in [6.45, 7) is 8.64. The molecule has 2 aromatic carbocycles. The number of nitro benzene ring substituents is 1. The predicted molar refractivity (Wildman–Crippen MR) is 109 cm³/mol. The highest BCUT2D eigenvalue weighted by molar-refractivity contribution is 5.67. The molecule has 0 amide bonds. The number of non-ortho nitro benzene ring substituents is 1. The molecular weight excluding hydrogens is 336 g/mol. The smallest absolute Gasteiger partial charge is 0.270 e. The minimum absolute atomic E-state index is 0.137. The van der Waals surface area contributed by atoms with Crippen LogP contribution in [0.25, 0.3) is 0 Å². The Bertz CT molecular complexity index is 923. The van der Waals surface area contributed by atoms with Crippen LogP contribution in [0.5, 0.6) is 0 Å². The molecule has 0 spiro atoms. The molecule has 0 saturated heterocycles. The number of anilines is 1. The normalized spacial score (nSPS) is 23.5. The minimum Gasteiger partial charge on any atom is -0.377 e. The number of nitro groups is 1. The Morgan fingerprint density at radius 2 is 1.85 bits per heavy atom. The molecule has 2 aliphatic rings. The van der Waals surface area contributed by atoms with Crippen LogP contribution in [0.3, 0.4) is 0 Å². The minimum atomic E-state index is -0.293. The summed E-state index contributed by atoms with van der Waals surface area (Å²) in [5.74, 6) is 0.617. The molecule has 1 N–H and O–H groups in total. The number of allylic oxidation sites excluding steroid dienone is 2. The third-order valence-corrected chi connectivity index (χ3v) is 6.00. The van der Waals surface area contributed by atoms with Crippen molar-refractivity contribution in [1.82, 2.24) is 0 Å². The third-order valence-electron chi connectivity index (χ3n) is 6.00. The van der Waals surface area contributed by atoms with Crippen molar-refractivity contribution in [3.8, 4) is 0 Å². The zero-order valence-corrected chi connectivity index (χ0v) is 16.3. The number of benzene rings is 2. The molecule has 0 aromatic heterocycles. The maximum atomic E-state index is 11.3. The monoisotopic (exact) mass is 362 g/mol. The summed E-state index contributed by atoms with van der Waals surface area (Å²) in [5, 5.41) is 15.0. The van der Waals surface area contributed by atoms with E-state index in [1.807, 2.05) is 6.92 Å². The molecule has 0 unspecified atom stereocenters. The predicted octanol–water partition coefficient (Wildman–Crippen LogP) is 6.03. The lowest BCUT2D eigenvalue weighted by molar-refractivity contribution is -0.385. The molecule has 1 aliphatic heterocycles. The maximum absolute atomic E-state index is 11.3. The van der Waals surface area contributed by atoms with Crippen molar-refractivity contribution < 1.29 is 4.92 Å². The van der Waals surface area contributed by atoms with Gasteiger partial charge in [0.15, 0.2) is 0 Å². The average molecular weight is 362 g/mol. The van der Waals surface area contributed by atoms with Gasteiger partial charge in [-0.2, -0.15) is 0 Å². The van der Waals surface area contributed by atoms with Crippen molar-refractivity contribution in [3.05, 3.63) is 80.9 Å². The summed E-state index contributed by atoms with van der Waals surface area (Å²) in [7, 11) is 0. The Morgan fingerprint density at radius 3 is 2.48 bits per heavy atom. The number of hydrogen-bond donors (Lipinski definition) is 1. The molecule has 3 atom stereocenters. The van der Waals surface area contributed by atoms with Crippen molar-refractivity contribution >= 4 is 11.4 Å². The molecule has 4 nitrogen and oxygen atoms in total. The molecule has 140 valence electrons. The molecule has 4 rings (SSSR count). The lowest BCUT2D eigenvalue weighted by Crippen LogP contribution is -2.29. The van der Waals surface area contributed by atoms with Gasteiger partial charge in [-0.3, -0.25) is 10.1 Å². The van der Waals surface area contributed by atoms with Gasteiger partial charge in [0.25, 0.3) is 5.69 Å². The van der Waals surface area contributed by atoms with Gasteiger partial charge >= 0.3 is 0 Å². The van der Waals surface area contributed by atoms with Crippen molar-refractivity contribution in [2.24, 2.45) is 5.92 Å². The molecule has 0 fully saturated rings. The van der Waals surface area contributed by atoms with Crippen LogP contribution in [0.2, 0.25) is 0 Å². The highest BCUT2D eigenvalue weighted by Gasteiger charge is 2.39. The van der Waals surface area contributed by atoms with E-state index in [2.05, 4.69) is 62.5 Å². The van der Waals surface area contributed by atoms with E-state index in [1.54, 1.807) is 12.1 Å². The standard InChI is InChI=1S/C23H26N2O2/c1-14-12-17(25(26)27)13-20-18-6-5-7-19(18)22(24-21(14)20)15-8-10-16(11-9-15)23(2,3)4/h5-6,8-13,18-19,22,24H,7H2,1-4H3/t18-,19+,22-/m1/s1. The number of nitrogens with zero attached hydrogens (tertiary/aromatic N) is 1. The third kappa shape index (κ3) is 3.03. The molecule has 0 saturated carbocycles. The van der Waals surface area contributed by atoms with Gasteiger partial charge in [-0.25, -0.2) is 0 Å². The molecule has 2 aromatic rings. The van der Waals surface area contributed by atoms with E-state index in [0.29, 0.717) is 5.92 Å². The van der Waals surface area contributed by atoms with E-state index in [4.69, 9.17) is 0 Å². The van der Waals surface area contributed by atoms with Crippen LogP contribution in [0, 0.1) is 23.0 Å². The van der Waals surface area contributed by atoms with Gasteiger partial charge in [0, 0.05) is 23.7 Å². The fourth-order valence-electron chi connectivity index (χ4n) is 4.49. The Morgan fingerprint density at radius 1 is 1.15 bits per heavy atom. The summed E-state index contributed by atoms with van der Waals surface area (Å²) >= 11 is 0. The summed E-state index contributed by atoms with van der Waals surface area (Å²) < 4.78 is 0. The topological polar surface area (TPSA) is 55.2 Å². The van der Waals surface area contributed by atoms with E-state index in [0.717, 1.165) is 23.2 Å². The summed E-state index contributed by atoms with van der Waals surface area (Å²) in [6.07, 6.45) is 5.44. The largest absolute Gasteiger partial charge is 0.377 e. The van der Waals surface area contributed by atoms with Crippen LogP contribution in [-0.4, -0.2) is 4.92 Å². The SMILES string of the molecule is Cc1cc([N+](=O)[O-])cc2c1N[C@H](c1ccc(C(C)(C)C)cc1)[C@H]1CC=C[C@@H]21. The van der Waals surface area contributed by atoms with Gasteiger partial charge in [-0.15, -0.1) is 0 Å². The van der Waals surface area contributed by atoms with Crippen molar-refractivity contribution in [2.75, 3.05) is 5.32 Å². The van der Waals surface area contributed by atoms with E-state index >= 15 is 0 Å². The Hall–Kier alpha value is -2.62. The van der Waals surface area contributed by atoms with Gasteiger partial charge < -0.3 is 5.32 Å². The van der Waals surface area contributed by atoms with Crippen LogP contribution in [-0.2, 0) is 5.41 Å². The molecule has 0 radical (unpaired) electrons. The van der Waals surface area contributed by atoms with E-state index < -0.39 is 0 Å². The lowest BCUT2D eigenvalue weighted by Gasteiger charge is -2.38. The summed E-state index contributed by atoms with van der Waals surface area (Å²) in [5.41, 5.74) is 5.98. The van der Waals surface area contributed by atoms with E-state index in [-0.39, 0.29) is 28.0 Å². The second-order valence-electron chi connectivity index (χ2n) is 8.83. The zero-order valence-electron chi connectivity index (χ0n) is 16.3. The zero-order chi connectivity index (χ0) is 19.3. The van der Waals surface area contributed by atoms with E-state index in [1.165, 1.54) is 11.1 Å². The summed E-state index contributed by atoms with van der Waals surface area (Å²) in [4.78, 5) is 11.0. The number of rotatable bonds is 2. The first-order valence-corrected chi connectivity index (χ1v) is 9.58. The molecule has 0 bridgehead atoms. The van der Waals surface area contributed by atoms with Crippen LogP contribution in [0.1, 0.15) is 61.4 Å². The van der Waals surface area contributed by atoms with Crippen LogP contribution >= 0.6 is 0 Å². The first-order chi connectivity index (χ1) is 12.8. The first-order valence-electron chi connectivity index (χ1n) is 9.58. The molecular formula is C23H26N2O2. The maximum Gasteiger partial charge on any atom is 0.270 e. The number of aryl methyl sites for hydroxylation is 1. The highest BCUT2D eigenvalue weighted by Crippen LogP contribution is 2.51. The van der Waals surface area contributed by atoms with Gasteiger partial charge in [0.1, 0.15) is 0 Å². The quantitative estimate of drug-likeness (QED) is 0.403. The van der Waals surface area contributed by atoms with Crippen LogP contribution < -0.4 is 5.32 Å². The first kappa shape index (κ1) is 17.8. The number of nitrogens with one attached hydrogen (secondary N) is 1. The van der Waals surface area contributed by atoms with Gasteiger partial charge in [-0.1, -0.05) is 57.2 Å². The molecule has 1 aliphatic carbocycles. The summed E-state index contributed by atoms with van der Waals surface area (Å²) in [6, 6.07) is 12.6. The second kappa shape index (κ2) is 6.22.